The van der Waals surface area contributed by atoms with Crippen LogP contribution in [0.3, 0.4) is 0 Å². The number of piperidine rings is 1. The van der Waals surface area contributed by atoms with Crippen molar-refractivity contribution in [1.29, 1.82) is 0 Å². The minimum absolute atomic E-state index is 0.00909. The lowest BCUT2D eigenvalue weighted by molar-refractivity contribution is 0.0678. The van der Waals surface area contributed by atoms with E-state index in [2.05, 4.69) is 20.4 Å². The van der Waals surface area contributed by atoms with Gasteiger partial charge in [-0.05, 0) is 43.7 Å². The molecule has 2 aliphatic rings. The zero-order chi connectivity index (χ0) is 16.4. The summed E-state index contributed by atoms with van der Waals surface area (Å²) in [6, 6.07) is 8.08. The quantitative estimate of drug-likeness (QED) is 0.916. The second-order valence-corrected chi connectivity index (χ2v) is 6.43. The lowest BCUT2D eigenvalue weighted by Crippen LogP contribution is -2.56. The Kier molecular flexibility index (Phi) is 4.17. The Bertz CT molecular complexity index is 684. The first kappa shape index (κ1) is 15.1. The highest BCUT2D eigenvalue weighted by atomic mass is 16.2. The highest BCUT2D eigenvalue weighted by molar-refractivity contribution is 5.89. The van der Waals surface area contributed by atoms with E-state index < -0.39 is 0 Å². The number of carbonyl (C=O) groups is 1. The second kappa shape index (κ2) is 6.60. The van der Waals surface area contributed by atoms with E-state index in [1.54, 1.807) is 17.2 Å². The van der Waals surface area contributed by atoms with Gasteiger partial charge in [-0.2, -0.15) is 15.0 Å². The summed E-state index contributed by atoms with van der Waals surface area (Å²) in [5, 5.41) is 11.2. The van der Waals surface area contributed by atoms with Crippen LogP contribution < -0.4 is 5.32 Å². The van der Waals surface area contributed by atoms with Gasteiger partial charge in [0.1, 0.15) is 0 Å². The molecule has 0 aliphatic carbocycles. The molecule has 7 heteroatoms. The first-order valence-corrected chi connectivity index (χ1v) is 8.56. The Hall–Kier alpha value is -2.41. The van der Waals surface area contributed by atoms with Crippen molar-refractivity contribution in [3.63, 3.8) is 0 Å². The van der Waals surface area contributed by atoms with Gasteiger partial charge in [-0.15, -0.1) is 0 Å². The summed E-state index contributed by atoms with van der Waals surface area (Å²) < 4.78 is 0. The molecule has 2 aliphatic heterocycles. The predicted octanol–water partition coefficient (Wildman–Crippen LogP) is 1.97. The van der Waals surface area contributed by atoms with Gasteiger partial charge in [-0.1, -0.05) is 6.42 Å². The molecule has 1 aromatic heterocycles. The number of urea groups is 1. The van der Waals surface area contributed by atoms with Crippen molar-refractivity contribution < 1.29 is 4.79 Å². The van der Waals surface area contributed by atoms with E-state index in [0.717, 1.165) is 31.0 Å². The number of benzene rings is 1. The molecule has 0 radical (unpaired) electrons. The molecule has 0 bridgehead atoms. The topological polar surface area (TPSA) is 66.3 Å². The Morgan fingerprint density at radius 2 is 1.83 bits per heavy atom. The van der Waals surface area contributed by atoms with Crippen LogP contribution in [-0.4, -0.2) is 63.0 Å². The smallest absolute Gasteiger partial charge is 0.321 e. The number of piperazine rings is 1. The molecule has 2 saturated heterocycles. The van der Waals surface area contributed by atoms with Crippen LogP contribution in [0.1, 0.15) is 19.3 Å². The molecule has 1 atom stereocenters. The third-order valence-electron chi connectivity index (χ3n) is 4.89. The van der Waals surface area contributed by atoms with Gasteiger partial charge >= 0.3 is 6.03 Å². The lowest BCUT2D eigenvalue weighted by Gasteiger charge is -2.43. The Morgan fingerprint density at radius 3 is 2.62 bits per heavy atom. The van der Waals surface area contributed by atoms with E-state index in [0.29, 0.717) is 6.04 Å². The van der Waals surface area contributed by atoms with Gasteiger partial charge in [0.05, 0.1) is 18.1 Å². The molecule has 0 saturated carbocycles. The van der Waals surface area contributed by atoms with E-state index in [1.807, 2.05) is 29.2 Å². The molecule has 24 heavy (non-hydrogen) atoms. The second-order valence-electron chi connectivity index (χ2n) is 6.43. The summed E-state index contributed by atoms with van der Waals surface area (Å²) in [5.41, 5.74) is 1.66. The van der Waals surface area contributed by atoms with Crippen LogP contribution in [0, 0.1) is 0 Å². The first-order valence-electron chi connectivity index (χ1n) is 8.56. The summed E-state index contributed by atoms with van der Waals surface area (Å²) >= 11 is 0. The monoisotopic (exact) mass is 326 g/mol. The SMILES string of the molecule is O=C(Nc1ccc(-n2nccn2)cc1)N1CCN2CCCC[C@H]2C1. The number of hydrogen-bond acceptors (Lipinski definition) is 4. The molecule has 126 valence electrons. The molecule has 1 aromatic carbocycles. The van der Waals surface area contributed by atoms with E-state index in [9.17, 15) is 4.79 Å². The average Bonchev–Trinajstić information content (AvgIpc) is 3.16. The van der Waals surface area contributed by atoms with Crippen molar-refractivity contribution in [2.24, 2.45) is 0 Å². The number of nitrogens with one attached hydrogen (secondary N) is 1. The standard InChI is InChI=1S/C17H22N6O/c24-17(22-12-11-21-10-2-1-3-16(21)13-22)20-14-4-6-15(7-5-14)23-18-8-9-19-23/h4-9,16H,1-3,10-13H2,(H,20,24)/t16-/m0/s1. The van der Waals surface area contributed by atoms with Crippen LogP contribution in [0.2, 0.25) is 0 Å². The Morgan fingerprint density at radius 1 is 1.04 bits per heavy atom. The van der Waals surface area contributed by atoms with Crippen molar-refractivity contribution in [3.8, 4) is 5.69 Å². The van der Waals surface area contributed by atoms with Crippen LogP contribution >= 0.6 is 0 Å². The number of nitrogens with zero attached hydrogens (tertiary/aromatic N) is 5. The molecule has 4 rings (SSSR count). The maximum Gasteiger partial charge on any atom is 0.321 e. The summed E-state index contributed by atoms with van der Waals surface area (Å²) in [4.78, 5) is 18.5. The first-order chi connectivity index (χ1) is 11.8. The van der Waals surface area contributed by atoms with Crippen molar-refractivity contribution in [2.45, 2.75) is 25.3 Å². The number of hydrogen-bond donors (Lipinski definition) is 1. The predicted molar refractivity (Wildman–Crippen MR) is 91.2 cm³/mol. The molecule has 0 unspecified atom stereocenters. The van der Waals surface area contributed by atoms with Crippen LogP contribution in [0.4, 0.5) is 10.5 Å². The summed E-state index contributed by atoms with van der Waals surface area (Å²) in [5.74, 6) is 0. The summed E-state index contributed by atoms with van der Waals surface area (Å²) in [6.45, 7) is 3.81. The average molecular weight is 326 g/mol. The van der Waals surface area contributed by atoms with Crippen LogP contribution in [0.5, 0.6) is 0 Å². The maximum atomic E-state index is 12.5. The van der Waals surface area contributed by atoms with E-state index in [4.69, 9.17) is 0 Å². The normalized spacial score (nSPS) is 21.3. The third-order valence-corrected chi connectivity index (χ3v) is 4.89. The van der Waals surface area contributed by atoms with Crippen molar-refractivity contribution in [2.75, 3.05) is 31.5 Å². The highest BCUT2D eigenvalue weighted by Crippen LogP contribution is 2.21. The molecular weight excluding hydrogens is 304 g/mol. The Balaban J connectivity index is 1.37. The molecule has 7 nitrogen and oxygen atoms in total. The number of rotatable bonds is 2. The van der Waals surface area contributed by atoms with Crippen molar-refractivity contribution in [1.82, 2.24) is 24.8 Å². The molecule has 1 N–H and O–H groups in total. The van der Waals surface area contributed by atoms with E-state index >= 15 is 0 Å². The van der Waals surface area contributed by atoms with Crippen LogP contribution in [0.15, 0.2) is 36.7 Å². The number of anilines is 1. The van der Waals surface area contributed by atoms with Gasteiger partial charge in [-0.3, -0.25) is 4.90 Å². The number of aromatic nitrogens is 3. The van der Waals surface area contributed by atoms with Gasteiger partial charge in [0.2, 0.25) is 0 Å². The number of fused-ring (bicyclic) bond motifs is 1. The lowest BCUT2D eigenvalue weighted by atomic mass is 10.00. The van der Waals surface area contributed by atoms with E-state index in [-0.39, 0.29) is 6.03 Å². The molecule has 0 spiro atoms. The fraction of sp³-hybridized carbons (Fsp3) is 0.471. The minimum Gasteiger partial charge on any atom is -0.322 e. The fourth-order valence-corrected chi connectivity index (χ4v) is 3.57. The molecular formula is C17H22N6O. The van der Waals surface area contributed by atoms with E-state index in [1.165, 1.54) is 25.8 Å². The van der Waals surface area contributed by atoms with Gasteiger partial charge < -0.3 is 10.2 Å². The number of amides is 2. The van der Waals surface area contributed by atoms with Crippen LogP contribution in [0.25, 0.3) is 5.69 Å². The fourth-order valence-electron chi connectivity index (χ4n) is 3.57. The van der Waals surface area contributed by atoms with Gasteiger partial charge in [0.15, 0.2) is 0 Å². The van der Waals surface area contributed by atoms with Gasteiger partial charge in [-0.25, -0.2) is 4.79 Å². The summed E-state index contributed by atoms with van der Waals surface area (Å²) in [6.07, 6.45) is 7.05. The van der Waals surface area contributed by atoms with Crippen molar-refractivity contribution in [3.05, 3.63) is 36.7 Å². The maximum absolute atomic E-state index is 12.5. The molecule has 2 fully saturated rings. The number of carbonyl (C=O) groups excluding carboxylic acids is 1. The summed E-state index contributed by atoms with van der Waals surface area (Å²) in [7, 11) is 0. The Labute approximate surface area is 141 Å². The molecule has 3 heterocycles. The van der Waals surface area contributed by atoms with Gasteiger partial charge in [0.25, 0.3) is 0 Å². The molecule has 2 aromatic rings. The third kappa shape index (κ3) is 3.12. The molecule has 2 amide bonds. The zero-order valence-electron chi connectivity index (χ0n) is 13.6. The highest BCUT2D eigenvalue weighted by Gasteiger charge is 2.30. The minimum atomic E-state index is -0.00909. The van der Waals surface area contributed by atoms with Gasteiger partial charge in [0, 0.05) is 31.4 Å². The zero-order valence-corrected chi connectivity index (χ0v) is 13.6. The van der Waals surface area contributed by atoms with Crippen LogP contribution in [-0.2, 0) is 0 Å². The largest absolute Gasteiger partial charge is 0.322 e. The van der Waals surface area contributed by atoms with Crippen molar-refractivity contribution >= 4 is 11.7 Å².